The molecule has 0 aliphatic heterocycles. The summed E-state index contributed by atoms with van der Waals surface area (Å²) in [5.74, 6) is -0.747. The summed E-state index contributed by atoms with van der Waals surface area (Å²) in [4.78, 5) is 10.4. The Hall–Kier alpha value is 0.430. The van der Waals surface area contributed by atoms with E-state index in [4.69, 9.17) is 10.8 Å². The van der Waals surface area contributed by atoms with E-state index in [1.54, 1.807) is 0 Å². The summed E-state index contributed by atoms with van der Waals surface area (Å²) < 4.78 is 0. The molecule has 0 bridgehead atoms. The Balaban J connectivity index is 0. The van der Waals surface area contributed by atoms with Crippen molar-refractivity contribution in [2.45, 2.75) is 39.2 Å². The molecular formula is C8H18NNaO2. The first kappa shape index (κ1) is 14.9. The Kier molecular flexibility index (Phi) is 10.0. The molecule has 0 aliphatic carbocycles. The van der Waals surface area contributed by atoms with Crippen LogP contribution in [0.2, 0.25) is 0 Å². The zero-order valence-corrected chi connectivity index (χ0v) is 7.21. The summed E-state index contributed by atoms with van der Waals surface area (Å²) in [6.45, 7) is 4.01. The van der Waals surface area contributed by atoms with E-state index in [0.29, 0.717) is 0 Å². The first-order chi connectivity index (χ1) is 5.13. The quantitative estimate of drug-likeness (QED) is 0.613. The first-order valence-corrected chi connectivity index (χ1v) is 4.11. The maximum atomic E-state index is 10.4. The van der Waals surface area contributed by atoms with E-state index in [9.17, 15) is 4.79 Å². The van der Waals surface area contributed by atoms with Crippen molar-refractivity contribution >= 4 is 35.5 Å². The van der Waals surface area contributed by atoms with Gasteiger partial charge >= 0.3 is 35.5 Å². The second kappa shape index (κ2) is 8.05. The average molecular weight is 183 g/mol. The summed E-state index contributed by atoms with van der Waals surface area (Å²) in [6, 6.07) is -0.681. The molecule has 0 aromatic heterocycles. The molecule has 0 aliphatic rings. The fourth-order valence-electron chi connectivity index (χ4n) is 1.21. The van der Waals surface area contributed by atoms with E-state index < -0.39 is 12.0 Å². The molecule has 3 nitrogen and oxygen atoms in total. The van der Waals surface area contributed by atoms with Gasteiger partial charge in [0.2, 0.25) is 0 Å². The molecule has 0 radical (unpaired) electrons. The van der Waals surface area contributed by atoms with E-state index in [1.165, 1.54) is 0 Å². The molecule has 0 saturated heterocycles. The van der Waals surface area contributed by atoms with Crippen molar-refractivity contribution in [1.29, 1.82) is 0 Å². The fourth-order valence-corrected chi connectivity index (χ4v) is 1.21. The van der Waals surface area contributed by atoms with Crippen molar-refractivity contribution in [3.8, 4) is 0 Å². The van der Waals surface area contributed by atoms with Gasteiger partial charge in [0, 0.05) is 0 Å². The molecule has 0 aromatic rings. The molecule has 68 valence electrons. The minimum absolute atomic E-state index is 0. The van der Waals surface area contributed by atoms with Gasteiger partial charge in [-0.25, -0.2) is 0 Å². The molecule has 0 saturated carbocycles. The number of hydrogen-bond donors (Lipinski definition) is 2. The van der Waals surface area contributed by atoms with Crippen LogP contribution in [0.4, 0.5) is 0 Å². The summed E-state index contributed by atoms with van der Waals surface area (Å²) in [5, 5.41) is 8.59. The average Bonchev–Trinajstić information content (AvgIpc) is 1.98. The van der Waals surface area contributed by atoms with Gasteiger partial charge in [-0.15, -0.1) is 0 Å². The molecule has 0 heterocycles. The molecule has 3 N–H and O–H groups in total. The van der Waals surface area contributed by atoms with Crippen molar-refractivity contribution in [2.24, 2.45) is 11.7 Å². The minimum atomic E-state index is -0.884. The van der Waals surface area contributed by atoms with Gasteiger partial charge in [-0.3, -0.25) is 4.79 Å². The van der Waals surface area contributed by atoms with Crippen molar-refractivity contribution in [3.05, 3.63) is 0 Å². The van der Waals surface area contributed by atoms with Gasteiger partial charge < -0.3 is 10.8 Å². The summed E-state index contributed by atoms with van der Waals surface area (Å²) >= 11 is 0. The van der Waals surface area contributed by atoms with Crippen LogP contribution in [0.1, 0.15) is 33.1 Å². The normalized spacial score (nSPS) is 14.6. The second-order valence-corrected chi connectivity index (χ2v) is 2.82. The standard InChI is InChI=1S/C8H17NO2.Na.H/c1-3-5-6(4-2)7(9)8(10)11;;/h6-7H,3-5,9H2,1-2H3,(H,10,11);;. The Bertz CT molecular complexity index is 130. The number of carboxylic acid groups (broad SMARTS) is 1. The topological polar surface area (TPSA) is 63.3 Å². The van der Waals surface area contributed by atoms with Crippen LogP contribution >= 0.6 is 0 Å². The van der Waals surface area contributed by atoms with Gasteiger partial charge in [-0.1, -0.05) is 26.7 Å². The predicted octanol–water partition coefficient (Wildman–Crippen LogP) is 0.576. The van der Waals surface area contributed by atoms with Crippen molar-refractivity contribution < 1.29 is 9.90 Å². The number of carboxylic acids is 1. The van der Waals surface area contributed by atoms with E-state index in [2.05, 4.69) is 0 Å². The van der Waals surface area contributed by atoms with Gasteiger partial charge in [0.15, 0.2) is 0 Å². The Labute approximate surface area is 96.0 Å². The predicted molar refractivity (Wildman–Crippen MR) is 51.4 cm³/mol. The maximum absolute atomic E-state index is 10.4. The van der Waals surface area contributed by atoms with Crippen LogP contribution in [0, 0.1) is 5.92 Å². The molecule has 0 rings (SSSR count). The summed E-state index contributed by atoms with van der Waals surface area (Å²) in [6.07, 6.45) is 2.75. The molecule has 0 spiro atoms. The van der Waals surface area contributed by atoms with Crippen molar-refractivity contribution in [3.63, 3.8) is 0 Å². The van der Waals surface area contributed by atoms with E-state index >= 15 is 0 Å². The van der Waals surface area contributed by atoms with Crippen LogP contribution in [0.25, 0.3) is 0 Å². The van der Waals surface area contributed by atoms with E-state index in [1.807, 2.05) is 13.8 Å². The van der Waals surface area contributed by atoms with Gasteiger partial charge in [0.1, 0.15) is 6.04 Å². The molecule has 0 fully saturated rings. The molecule has 0 aromatic carbocycles. The van der Waals surface area contributed by atoms with Crippen LogP contribution < -0.4 is 5.73 Å². The van der Waals surface area contributed by atoms with Crippen LogP contribution in [0.3, 0.4) is 0 Å². The molecule has 2 atom stereocenters. The molecule has 0 amide bonds. The Morgan fingerprint density at radius 3 is 2.25 bits per heavy atom. The molecule has 12 heavy (non-hydrogen) atoms. The number of carbonyl (C=O) groups is 1. The zero-order chi connectivity index (χ0) is 8.85. The zero-order valence-electron chi connectivity index (χ0n) is 7.21. The van der Waals surface area contributed by atoms with Crippen molar-refractivity contribution in [2.75, 3.05) is 0 Å². The second-order valence-electron chi connectivity index (χ2n) is 2.82. The number of nitrogens with two attached hydrogens (primary N) is 1. The van der Waals surface area contributed by atoms with Crippen LogP contribution in [0.5, 0.6) is 0 Å². The van der Waals surface area contributed by atoms with Crippen molar-refractivity contribution in [1.82, 2.24) is 0 Å². The first-order valence-electron chi connectivity index (χ1n) is 4.11. The number of aliphatic carboxylic acids is 1. The fraction of sp³-hybridized carbons (Fsp3) is 0.875. The van der Waals surface area contributed by atoms with E-state index in [0.717, 1.165) is 19.3 Å². The van der Waals surface area contributed by atoms with Crippen LogP contribution in [0.15, 0.2) is 0 Å². The number of rotatable bonds is 5. The third-order valence-corrected chi connectivity index (χ3v) is 1.98. The number of hydrogen-bond acceptors (Lipinski definition) is 2. The van der Waals surface area contributed by atoms with Gasteiger partial charge in [-0.2, -0.15) is 0 Å². The monoisotopic (exact) mass is 183 g/mol. The molecule has 4 heteroatoms. The van der Waals surface area contributed by atoms with Gasteiger partial charge in [-0.05, 0) is 12.3 Å². The van der Waals surface area contributed by atoms with Crippen LogP contribution in [-0.2, 0) is 4.79 Å². The SMILES string of the molecule is CCCC(CC)C(N)C(=O)O.[NaH]. The molecular weight excluding hydrogens is 165 g/mol. The van der Waals surface area contributed by atoms with E-state index in [-0.39, 0.29) is 35.5 Å². The van der Waals surface area contributed by atoms with Gasteiger partial charge in [0.25, 0.3) is 0 Å². The summed E-state index contributed by atoms with van der Waals surface area (Å²) in [7, 11) is 0. The Morgan fingerprint density at radius 1 is 1.50 bits per heavy atom. The molecule has 2 unspecified atom stereocenters. The third kappa shape index (κ3) is 5.14. The third-order valence-electron chi connectivity index (χ3n) is 1.98. The van der Waals surface area contributed by atoms with Crippen LogP contribution in [-0.4, -0.2) is 46.7 Å². The Morgan fingerprint density at radius 2 is 2.00 bits per heavy atom. The summed E-state index contributed by atoms with van der Waals surface area (Å²) in [5.41, 5.74) is 5.46. The van der Waals surface area contributed by atoms with Gasteiger partial charge in [0.05, 0.1) is 0 Å².